The Morgan fingerprint density at radius 1 is 0.750 bits per heavy atom. The first kappa shape index (κ1) is 19.2. The molecule has 0 spiro atoms. The molecule has 28 heavy (non-hydrogen) atoms. The van der Waals surface area contributed by atoms with Gasteiger partial charge in [0.1, 0.15) is 30.5 Å². The number of fused-ring (bicyclic) bond motifs is 3. The molecule has 5 rings (SSSR count). The van der Waals surface area contributed by atoms with E-state index in [4.69, 9.17) is 38.0 Å². The van der Waals surface area contributed by atoms with E-state index in [1.807, 2.05) is 41.5 Å². The lowest BCUT2D eigenvalue weighted by molar-refractivity contribution is -0.254. The molecule has 0 aromatic rings. The van der Waals surface area contributed by atoms with Crippen LogP contribution >= 0.6 is 0 Å². The van der Waals surface area contributed by atoms with Crippen LogP contribution in [0.1, 0.15) is 48.0 Å². The molecule has 158 valence electrons. The van der Waals surface area contributed by atoms with Crippen molar-refractivity contribution in [1.29, 1.82) is 0 Å². The van der Waals surface area contributed by atoms with Gasteiger partial charge < -0.3 is 38.0 Å². The minimum atomic E-state index is -0.746. The van der Waals surface area contributed by atoms with Gasteiger partial charge in [-0.05, 0) is 41.5 Å². The molecule has 0 bridgehead atoms. The summed E-state index contributed by atoms with van der Waals surface area (Å²) in [6.07, 6.45) is -1.91. The normalized spacial score (nSPS) is 48.1. The molecule has 4 fully saturated rings. The Morgan fingerprint density at radius 3 is 2.07 bits per heavy atom. The maximum absolute atomic E-state index is 6.27. The molecule has 0 aliphatic carbocycles. The van der Waals surface area contributed by atoms with Crippen LogP contribution in [0.15, 0.2) is 5.16 Å². The predicted octanol–water partition coefficient (Wildman–Crippen LogP) is 1.68. The van der Waals surface area contributed by atoms with Gasteiger partial charge in [0.15, 0.2) is 29.8 Å². The molecule has 0 aromatic carbocycles. The quantitative estimate of drug-likeness (QED) is 0.693. The summed E-state index contributed by atoms with van der Waals surface area (Å²) in [6.45, 7) is 11.8. The van der Waals surface area contributed by atoms with Crippen LogP contribution in [0.5, 0.6) is 0 Å². The van der Waals surface area contributed by atoms with Crippen molar-refractivity contribution in [3.05, 3.63) is 0 Å². The summed E-state index contributed by atoms with van der Waals surface area (Å²) in [5.41, 5.74) is 0.819. The van der Waals surface area contributed by atoms with Gasteiger partial charge >= 0.3 is 0 Å². The molecule has 0 saturated carbocycles. The standard InChI is InChI=1S/C19H29NO8/c1-17(2)21-8-11(23-17)9-7-10(28-20-9)12-13-14(25-18(3,4)24-13)15-16(22-12)27-19(5,6)26-15/h10-16H,7-8H2,1-6H3/t10-,11-,12-,13+,14+,15-,16-/m1/s1. The number of oxime groups is 1. The van der Waals surface area contributed by atoms with Crippen molar-refractivity contribution in [2.75, 3.05) is 6.61 Å². The average Bonchev–Trinajstić information content (AvgIpc) is 3.29. The second-order valence-electron chi connectivity index (χ2n) is 9.38. The van der Waals surface area contributed by atoms with Gasteiger partial charge in [-0.3, -0.25) is 0 Å². The topological polar surface area (TPSA) is 86.2 Å². The fourth-order valence-corrected chi connectivity index (χ4v) is 4.58. The first-order valence-electron chi connectivity index (χ1n) is 9.93. The van der Waals surface area contributed by atoms with E-state index in [9.17, 15) is 0 Å². The average molecular weight is 399 g/mol. The Hall–Kier alpha value is -0.810. The second kappa shape index (κ2) is 6.10. The van der Waals surface area contributed by atoms with Gasteiger partial charge in [0.2, 0.25) is 0 Å². The lowest BCUT2D eigenvalue weighted by Crippen LogP contribution is -2.58. The van der Waals surface area contributed by atoms with Crippen LogP contribution in [-0.2, 0) is 38.0 Å². The van der Waals surface area contributed by atoms with Gasteiger partial charge in [0, 0.05) is 6.42 Å². The molecular formula is C19H29NO8. The zero-order valence-electron chi connectivity index (χ0n) is 17.2. The zero-order valence-corrected chi connectivity index (χ0v) is 17.2. The van der Waals surface area contributed by atoms with Gasteiger partial charge in [-0.25, -0.2) is 0 Å². The van der Waals surface area contributed by atoms with E-state index in [1.54, 1.807) is 0 Å². The highest BCUT2D eigenvalue weighted by molar-refractivity contribution is 5.90. The Bertz CT molecular complexity index is 677. The third kappa shape index (κ3) is 3.27. The van der Waals surface area contributed by atoms with Crippen LogP contribution in [-0.4, -0.2) is 72.6 Å². The van der Waals surface area contributed by atoms with Crippen LogP contribution in [0, 0.1) is 0 Å². The van der Waals surface area contributed by atoms with Gasteiger partial charge in [-0.15, -0.1) is 0 Å². The number of hydrogen-bond donors (Lipinski definition) is 0. The summed E-state index contributed by atoms with van der Waals surface area (Å²) in [5, 5.41) is 4.27. The van der Waals surface area contributed by atoms with E-state index in [-0.39, 0.29) is 30.5 Å². The third-order valence-corrected chi connectivity index (χ3v) is 5.65. The number of rotatable bonds is 2. The maximum Gasteiger partial charge on any atom is 0.190 e. The van der Waals surface area contributed by atoms with Crippen molar-refractivity contribution in [3.63, 3.8) is 0 Å². The van der Waals surface area contributed by atoms with Crippen molar-refractivity contribution < 1.29 is 38.0 Å². The van der Waals surface area contributed by atoms with Crippen molar-refractivity contribution in [1.82, 2.24) is 0 Å². The number of hydrogen-bond acceptors (Lipinski definition) is 9. The lowest BCUT2D eigenvalue weighted by atomic mass is 9.93. The highest BCUT2D eigenvalue weighted by Gasteiger charge is 2.62. The summed E-state index contributed by atoms with van der Waals surface area (Å²) in [6, 6.07) is 0. The van der Waals surface area contributed by atoms with Crippen LogP contribution < -0.4 is 0 Å². The molecule has 9 nitrogen and oxygen atoms in total. The highest BCUT2D eigenvalue weighted by atomic mass is 16.9. The summed E-state index contributed by atoms with van der Waals surface area (Å²) in [7, 11) is 0. The fourth-order valence-electron chi connectivity index (χ4n) is 4.58. The Labute approximate surface area is 164 Å². The Morgan fingerprint density at radius 2 is 1.39 bits per heavy atom. The lowest BCUT2D eigenvalue weighted by Gasteiger charge is -2.38. The SMILES string of the molecule is CC1(C)O[C@@H]2[C@H](O1)[C@H]1OC(C)(C)O[C@H]1O[C@@H]2[C@H]1CC([C@H]2COC(C)(C)O2)=NO1. The summed E-state index contributed by atoms with van der Waals surface area (Å²) in [4.78, 5) is 5.76. The van der Waals surface area contributed by atoms with E-state index in [2.05, 4.69) is 5.16 Å². The number of nitrogens with zero attached hydrogens (tertiary/aromatic N) is 1. The van der Waals surface area contributed by atoms with E-state index in [0.29, 0.717) is 13.0 Å². The third-order valence-electron chi connectivity index (χ3n) is 5.65. The van der Waals surface area contributed by atoms with Crippen molar-refractivity contribution in [3.8, 4) is 0 Å². The molecule has 0 N–H and O–H groups in total. The van der Waals surface area contributed by atoms with Crippen LogP contribution in [0.2, 0.25) is 0 Å². The molecule has 4 saturated heterocycles. The Balaban J connectivity index is 1.33. The summed E-state index contributed by atoms with van der Waals surface area (Å²) in [5.74, 6) is -2.10. The van der Waals surface area contributed by atoms with E-state index >= 15 is 0 Å². The summed E-state index contributed by atoms with van der Waals surface area (Å²) < 4.78 is 42.2. The largest absolute Gasteiger partial charge is 0.389 e. The second-order valence-corrected chi connectivity index (χ2v) is 9.38. The molecule has 5 aliphatic rings. The molecule has 9 heteroatoms. The fraction of sp³-hybridized carbons (Fsp3) is 0.947. The molecule has 0 aromatic heterocycles. The molecule has 7 atom stereocenters. The maximum atomic E-state index is 6.27. The predicted molar refractivity (Wildman–Crippen MR) is 94.4 cm³/mol. The zero-order chi connectivity index (χ0) is 19.9. The van der Waals surface area contributed by atoms with Crippen LogP contribution in [0.3, 0.4) is 0 Å². The first-order valence-corrected chi connectivity index (χ1v) is 9.93. The van der Waals surface area contributed by atoms with Gasteiger partial charge in [-0.2, -0.15) is 0 Å². The highest BCUT2D eigenvalue weighted by Crippen LogP contribution is 2.46. The van der Waals surface area contributed by atoms with Gasteiger partial charge in [-0.1, -0.05) is 5.16 Å². The molecular weight excluding hydrogens is 370 g/mol. The monoisotopic (exact) mass is 399 g/mol. The molecule has 0 radical (unpaired) electrons. The van der Waals surface area contributed by atoms with Crippen LogP contribution in [0.25, 0.3) is 0 Å². The summed E-state index contributed by atoms with van der Waals surface area (Å²) >= 11 is 0. The molecule has 5 heterocycles. The van der Waals surface area contributed by atoms with Gasteiger partial charge in [0.25, 0.3) is 0 Å². The molecule has 0 unspecified atom stereocenters. The van der Waals surface area contributed by atoms with E-state index in [1.165, 1.54) is 0 Å². The van der Waals surface area contributed by atoms with Gasteiger partial charge in [0.05, 0.1) is 12.3 Å². The minimum absolute atomic E-state index is 0.214. The molecule has 5 aliphatic heterocycles. The van der Waals surface area contributed by atoms with Crippen molar-refractivity contribution in [2.24, 2.45) is 5.16 Å². The first-order chi connectivity index (χ1) is 13.0. The van der Waals surface area contributed by atoms with E-state index in [0.717, 1.165) is 5.71 Å². The van der Waals surface area contributed by atoms with Crippen LogP contribution in [0.4, 0.5) is 0 Å². The van der Waals surface area contributed by atoms with E-state index < -0.39 is 29.8 Å². The minimum Gasteiger partial charge on any atom is -0.389 e. The molecule has 0 amide bonds. The Kier molecular flexibility index (Phi) is 4.18. The van der Waals surface area contributed by atoms with Crippen molar-refractivity contribution >= 4 is 5.71 Å². The number of ether oxygens (including phenoxy) is 7. The smallest absolute Gasteiger partial charge is 0.190 e. The van der Waals surface area contributed by atoms with Crippen molar-refractivity contribution in [2.45, 2.75) is 108 Å².